The summed E-state index contributed by atoms with van der Waals surface area (Å²) >= 11 is 5.99. The first kappa shape index (κ1) is 14.4. The van der Waals surface area contributed by atoms with E-state index in [4.69, 9.17) is 11.6 Å². The smallest absolute Gasteiger partial charge is 0.253 e. The summed E-state index contributed by atoms with van der Waals surface area (Å²) in [6.45, 7) is 2.00. The highest BCUT2D eigenvalue weighted by molar-refractivity contribution is 6.33. The number of phenols is 1. The van der Waals surface area contributed by atoms with Gasteiger partial charge in [-0.3, -0.25) is 4.79 Å². The highest BCUT2D eigenvalue weighted by Crippen LogP contribution is 2.23. The molecule has 2 rings (SSSR count). The van der Waals surface area contributed by atoms with E-state index in [-0.39, 0.29) is 23.3 Å². The van der Waals surface area contributed by atoms with Crippen molar-refractivity contribution >= 4 is 17.5 Å². The summed E-state index contributed by atoms with van der Waals surface area (Å²) in [6, 6.07) is 14.0. The van der Waals surface area contributed by atoms with E-state index in [9.17, 15) is 9.90 Å². The van der Waals surface area contributed by atoms with Crippen molar-refractivity contribution < 1.29 is 9.90 Å². The molecule has 0 spiro atoms. The molecular weight excluding hydrogens is 274 g/mol. The summed E-state index contributed by atoms with van der Waals surface area (Å²) in [6.07, 6.45) is 0.770. The molecule has 104 valence electrons. The fourth-order valence-electron chi connectivity index (χ4n) is 2.03. The van der Waals surface area contributed by atoms with Gasteiger partial charge in [-0.05, 0) is 30.2 Å². The van der Waals surface area contributed by atoms with E-state index in [0.717, 1.165) is 12.0 Å². The van der Waals surface area contributed by atoms with Crippen LogP contribution in [0.2, 0.25) is 5.02 Å². The Labute approximate surface area is 123 Å². The van der Waals surface area contributed by atoms with E-state index in [1.165, 1.54) is 18.2 Å². The molecule has 1 unspecified atom stereocenters. The van der Waals surface area contributed by atoms with Crippen molar-refractivity contribution in [1.29, 1.82) is 0 Å². The van der Waals surface area contributed by atoms with Crippen molar-refractivity contribution in [3.63, 3.8) is 0 Å². The number of carbonyl (C=O) groups excluding carboxylic acids is 1. The number of hydrogen-bond donors (Lipinski definition) is 2. The van der Waals surface area contributed by atoms with Gasteiger partial charge in [0.2, 0.25) is 0 Å². The second kappa shape index (κ2) is 6.44. The zero-order chi connectivity index (χ0) is 14.5. The number of benzene rings is 2. The van der Waals surface area contributed by atoms with E-state index in [1.54, 1.807) is 0 Å². The molecule has 0 heterocycles. The average Bonchev–Trinajstić information content (AvgIpc) is 2.48. The number of hydrogen-bond acceptors (Lipinski definition) is 2. The van der Waals surface area contributed by atoms with Gasteiger partial charge >= 0.3 is 0 Å². The third kappa shape index (κ3) is 3.31. The number of aromatic hydroxyl groups is 1. The highest BCUT2D eigenvalue weighted by Gasteiger charge is 2.16. The minimum absolute atomic E-state index is 0.0207. The minimum atomic E-state index is -0.290. The zero-order valence-corrected chi connectivity index (χ0v) is 11.9. The molecule has 0 saturated carbocycles. The summed E-state index contributed by atoms with van der Waals surface area (Å²) in [7, 11) is 0. The molecule has 0 saturated heterocycles. The Morgan fingerprint density at radius 2 is 1.95 bits per heavy atom. The van der Waals surface area contributed by atoms with Crippen LogP contribution in [0, 0.1) is 0 Å². The molecular formula is C16H16ClNO2. The van der Waals surface area contributed by atoms with Crippen LogP contribution >= 0.6 is 11.6 Å². The molecule has 4 heteroatoms. The van der Waals surface area contributed by atoms with Gasteiger partial charge in [-0.2, -0.15) is 0 Å². The van der Waals surface area contributed by atoms with E-state index >= 15 is 0 Å². The van der Waals surface area contributed by atoms with Crippen LogP contribution in [0.1, 0.15) is 35.3 Å². The van der Waals surface area contributed by atoms with Gasteiger partial charge in [-0.15, -0.1) is 0 Å². The third-order valence-electron chi connectivity index (χ3n) is 3.11. The molecule has 1 atom stereocenters. The molecule has 0 aliphatic heterocycles. The molecule has 0 aromatic heterocycles. The van der Waals surface area contributed by atoms with Crippen LogP contribution in [0.5, 0.6) is 5.75 Å². The highest BCUT2D eigenvalue weighted by atomic mass is 35.5. The van der Waals surface area contributed by atoms with Crippen LogP contribution in [0.25, 0.3) is 0 Å². The monoisotopic (exact) mass is 289 g/mol. The first-order chi connectivity index (χ1) is 9.61. The molecule has 0 fully saturated rings. The van der Waals surface area contributed by atoms with E-state index in [2.05, 4.69) is 5.32 Å². The number of carbonyl (C=O) groups is 1. The van der Waals surface area contributed by atoms with Gasteiger partial charge in [-0.1, -0.05) is 48.9 Å². The number of amides is 1. The van der Waals surface area contributed by atoms with Crippen LogP contribution in [-0.4, -0.2) is 11.0 Å². The quantitative estimate of drug-likeness (QED) is 0.896. The van der Waals surface area contributed by atoms with Crippen LogP contribution in [-0.2, 0) is 0 Å². The molecule has 2 aromatic rings. The van der Waals surface area contributed by atoms with Gasteiger partial charge in [0.1, 0.15) is 5.75 Å². The first-order valence-corrected chi connectivity index (χ1v) is 6.84. The molecule has 3 nitrogen and oxygen atoms in total. The normalized spacial score (nSPS) is 11.9. The minimum Gasteiger partial charge on any atom is -0.508 e. The second-order valence-corrected chi connectivity index (χ2v) is 4.92. The Kier molecular flexibility index (Phi) is 4.64. The van der Waals surface area contributed by atoms with Crippen molar-refractivity contribution in [2.24, 2.45) is 0 Å². The Balaban J connectivity index is 2.20. The number of phenolic OH excluding ortho intramolecular Hbond substituents is 1. The lowest BCUT2D eigenvalue weighted by atomic mass is 10.0. The Hall–Kier alpha value is -2.00. The van der Waals surface area contributed by atoms with Crippen LogP contribution in [0.3, 0.4) is 0 Å². The van der Waals surface area contributed by atoms with Crippen molar-refractivity contribution in [1.82, 2.24) is 5.32 Å². The predicted octanol–water partition coefficient (Wildman–Crippen LogP) is 3.93. The van der Waals surface area contributed by atoms with Crippen molar-refractivity contribution in [3.8, 4) is 5.75 Å². The maximum absolute atomic E-state index is 12.3. The number of nitrogens with one attached hydrogen (secondary N) is 1. The summed E-state index contributed by atoms with van der Waals surface area (Å²) in [5.41, 5.74) is 1.32. The van der Waals surface area contributed by atoms with Gasteiger partial charge in [0.25, 0.3) is 5.91 Å². The van der Waals surface area contributed by atoms with E-state index < -0.39 is 0 Å². The fourth-order valence-corrected chi connectivity index (χ4v) is 2.23. The Bertz CT molecular complexity index is 599. The summed E-state index contributed by atoms with van der Waals surface area (Å²) < 4.78 is 0. The Morgan fingerprint density at radius 1 is 1.25 bits per heavy atom. The molecule has 0 aliphatic carbocycles. The fraction of sp³-hybridized carbons (Fsp3) is 0.188. The topological polar surface area (TPSA) is 49.3 Å². The lowest BCUT2D eigenvalue weighted by Crippen LogP contribution is -2.28. The largest absolute Gasteiger partial charge is 0.508 e. The van der Waals surface area contributed by atoms with Crippen LogP contribution in [0.15, 0.2) is 48.5 Å². The third-order valence-corrected chi connectivity index (χ3v) is 3.44. The summed E-state index contributed by atoms with van der Waals surface area (Å²) in [5.74, 6) is -0.270. The molecule has 0 bridgehead atoms. The molecule has 2 aromatic carbocycles. The van der Waals surface area contributed by atoms with Crippen molar-refractivity contribution in [2.45, 2.75) is 19.4 Å². The van der Waals surface area contributed by atoms with Crippen molar-refractivity contribution in [3.05, 3.63) is 64.7 Å². The molecule has 0 aliphatic rings. The van der Waals surface area contributed by atoms with Crippen LogP contribution < -0.4 is 5.32 Å². The second-order valence-electron chi connectivity index (χ2n) is 4.51. The number of rotatable bonds is 4. The standard InChI is InChI=1S/C16H16ClNO2/c1-2-15(11-6-4-3-5-7-11)18-16(20)13-10-12(19)8-9-14(13)17/h3-10,15,19H,2H2,1H3,(H,18,20). The van der Waals surface area contributed by atoms with Gasteiger partial charge < -0.3 is 10.4 Å². The SMILES string of the molecule is CCC(NC(=O)c1cc(O)ccc1Cl)c1ccccc1. The average molecular weight is 290 g/mol. The summed E-state index contributed by atoms with van der Waals surface area (Å²) in [5, 5.41) is 12.7. The van der Waals surface area contributed by atoms with Gasteiger partial charge in [0.05, 0.1) is 16.6 Å². The van der Waals surface area contributed by atoms with E-state index in [0.29, 0.717) is 5.02 Å². The Morgan fingerprint density at radius 3 is 2.60 bits per heavy atom. The molecule has 20 heavy (non-hydrogen) atoms. The maximum atomic E-state index is 12.3. The lowest BCUT2D eigenvalue weighted by Gasteiger charge is -2.18. The van der Waals surface area contributed by atoms with Gasteiger partial charge in [0.15, 0.2) is 0 Å². The maximum Gasteiger partial charge on any atom is 0.253 e. The lowest BCUT2D eigenvalue weighted by molar-refractivity contribution is 0.0935. The predicted molar refractivity (Wildman–Crippen MR) is 80.1 cm³/mol. The zero-order valence-electron chi connectivity index (χ0n) is 11.1. The van der Waals surface area contributed by atoms with Gasteiger partial charge in [-0.25, -0.2) is 0 Å². The van der Waals surface area contributed by atoms with Crippen LogP contribution in [0.4, 0.5) is 0 Å². The van der Waals surface area contributed by atoms with Crippen molar-refractivity contribution in [2.75, 3.05) is 0 Å². The molecule has 2 N–H and O–H groups in total. The molecule has 1 amide bonds. The molecule has 0 radical (unpaired) electrons. The van der Waals surface area contributed by atoms with Gasteiger partial charge in [0, 0.05) is 0 Å². The number of halogens is 1. The summed E-state index contributed by atoms with van der Waals surface area (Å²) in [4.78, 5) is 12.3. The van der Waals surface area contributed by atoms with E-state index in [1.807, 2.05) is 37.3 Å². The first-order valence-electron chi connectivity index (χ1n) is 6.46.